The van der Waals surface area contributed by atoms with Crippen LogP contribution < -0.4 is 5.32 Å². The van der Waals surface area contributed by atoms with Crippen LogP contribution in [0.25, 0.3) is 0 Å². The van der Waals surface area contributed by atoms with Crippen LogP contribution in [-0.4, -0.2) is 34.9 Å². The quantitative estimate of drug-likeness (QED) is 0.889. The third kappa shape index (κ3) is 2.79. The van der Waals surface area contributed by atoms with Gasteiger partial charge >= 0.3 is 0 Å². The summed E-state index contributed by atoms with van der Waals surface area (Å²) in [5, 5.41) is 3.09. The molecule has 0 saturated carbocycles. The molecule has 1 aromatic carbocycles. The fourth-order valence-electron chi connectivity index (χ4n) is 1.67. The van der Waals surface area contributed by atoms with Crippen LogP contribution in [0.1, 0.15) is 5.56 Å². The Labute approximate surface area is 104 Å². The van der Waals surface area contributed by atoms with E-state index in [1.807, 2.05) is 31.2 Å². The van der Waals surface area contributed by atoms with Crippen LogP contribution in [0.15, 0.2) is 24.3 Å². The van der Waals surface area contributed by atoms with Crippen molar-refractivity contribution in [2.75, 3.05) is 24.2 Å². The number of nitrogens with zero attached hydrogens (tertiary/aromatic N) is 1. The molecule has 1 heterocycles. The van der Waals surface area contributed by atoms with Crippen molar-refractivity contribution in [3.05, 3.63) is 29.8 Å². The molecule has 2 amide bonds. The van der Waals surface area contributed by atoms with Gasteiger partial charge in [-0.25, -0.2) is 0 Å². The number of benzene rings is 1. The summed E-state index contributed by atoms with van der Waals surface area (Å²) >= 11 is 1.07. The van der Waals surface area contributed by atoms with Gasteiger partial charge < -0.3 is 5.32 Å². The predicted molar refractivity (Wildman–Crippen MR) is 69.2 cm³/mol. The fraction of sp³-hybridized carbons (Fsp3) is 0.333. The van der Waals surface area contributed by atoms with E-state index in [1.165, 1.54) is 4.90 Å². The lowest BCUT2D eigenvalue weighted by molar-refractivity contribution is -0.124. The smallest absolute Gasteiger partial charge is 0.288 e. The minimum absolute atomic E-state index is 0.0911. The molecule has 0 aromatic heterocycles. The summed E-state index contributed by atoms with van der Waals surface area (Å²) in [6.07, 6.45) is 0. The van der Waals surface area contributed by atoms with Crippen LogP contribution in [0.4, 0.5) is 10.5 Å². The lowest BCUT2D eigenvalue weighted by Crippen LogP contribution is -2.33. The predicted octanol–water partition coefficient (Wildman–Crippen LogP) is 2.10. The molecule has 1 aliphatic rings. The van der Waals surface area contributed by atoms with E-state index in [-0.39, 0.29) is 16.9 Å². The number of amides is 2. The van der Waals surface area contributed by atoms with Crippen molar-refractivity contribution < 1.29 is 9.59 Å². The molecule has 1 aromatic rings. The zero-order valence-corrected chi connectivity index (χ0v) is 10.4. The molecule has 0 aliphatic carbocycles. The maximum absolute atomic E-state index is 11.4. The Bertz CT molecular complexity index is 432. The Balaban J connectivity index is 1.86. The largest absolute Gasteiger partial charge is 0.383 e. The summed E-state index contributed by atoms with van der Waals surface area (Å²) in [6.45, 7) is 3.03. The summed E-state index contributed by atoms with van der Waals surface area (Å²) in [4.78, 5) is 24.0. The van der Waals surface area contributed by atoms with Gasteiger partial charge in [-0.05, 0) is 18.6 Å². The first-order valence-corrected chi connectivity index (χ1v) is 6.43. The standard InChI is InChI=1S/C12H14N2O2S/c1-9-4-2-3-5-10(9)13-6-7-14-11(15)8-17-12(14)16/h2-5,13H,6-8H2,1H3. The number of nitrogens with one attached hydrogen (secondary N) is 1. The van der Waals surface area contributed by atoms with E-state index in [4.69, 9.17) is 0 Å². The van der Waals surface area contributed by atoms with Gasteiger partial charge in [-0.1, -0.05) is 30.0 Å². The number of anilines is 1. The fourth-order valence-corrected chi connectivity index (χ4v) is 2.42. The van der Waals surface area contributed by atoms with Crippen molar-refractivity contribution in [3.8, 4) is 0 Å². The second-order valence-corrected chi connectivity index (χ2v) is 4.77. The molecule has 2 rings (SSSR count). The van der Waals surface area contributed by atoms with Gasteiger partial charge in [0.15, 0.2) is 0 Å². The molecule has 1 aliphatic heterocycles. The molecule has 1 N–H and O–H groups in total. The molecule has 0 spiro atoms. The van der Waals surface area contributed by atoms with Gasteiger partial charge in [0.05, 0.1) is 5.75 Å². The number of imide groups is 1. The average Bonchev–Trinajstić information content (AvgIpc) is 2.63. The number of hydrogen-bond acceptors (Lipinski definition) is 4. The molecule has 0 unspecified atom stereocenters. The van der Waals surface area contributed by atoms with Gasteiger partial charge in [0.25, 0.3) is 5.24 Å². The van der Waals surface area contributed by atoms with Gasteiger partial charge in [0.1, 0.15) is 0 Å². The maximum atomic E-state index is 11.4. The van der Waals surface area contributed by atoms with Crippen molar-refractivity contribution in [2.45, 2.75) is 6.92 Å². The Hall–Kier alpha value is -1.49. The van der Waals surface area contributed by atoms with Crippen LogP contribution in [0.2, 0.25) is 0 Å². The highest BCUT2D eigenvalue weighted by Gasteiger charge is 2.28. The lowest BCUT2D eigenvalue weighted by Gasteiger charge is -2.14. The molecule has 0 bridgehead atoms. The maximum Gasteiger partial charge on any atom is 0.288 e. The second kappa shape index (κ2) is 5.23. The molecule has 4 nitrogen and oxygen atoms in total. The number of carbonyl (C=O) groups is 2. The average molecular weight is 250 g/mol. The summed E-state index contributed by atoms with van der Waals surface area (Å²) < 4.78 is 0. The lowest BCUT2D eigenvalue weighted by atomic mass is 10.2. The monoisotopic (exact) mass is 250 g/mol. The van der Waals surface area contributed by atoms with Crippen molar-refractivity contribution >= 4 is 28.6 Å². The van der Waals surface area contributed by atoms with Crippen LogP contribution >= 0.6 is 11.8 Å². The summed E-state index contributed by atoms with van der Waals surface area (Å²) in [6, 6.07) is 7.93. The third-order valence-corrected chi connectivity index (χ3v) is 3.50. The van der Waals surface area contributed by atoms with E-state index in [9.17, 15) is 9.59 Å². The number of carbonyl (C=O) groups excluding carboxylic acids is 2. The van der Waals surface area contributed by atoms with E-state index in [0.717, 1.165) is 23.0 Å². The highest BCUT2D eigenvalue weighted by molar-refractivity contribution is 8.14. The number of rotatable bonds is 4. The first-order chi connectivity index (χ1) is 8.18. The Morgan fingerprint density at radius 1 is 1.35 bits per heavy atom. The minimum Gasteiger partial charge on any atom is -0.383 e. The minimum atomic E-state index is -0.137. The van der Waals surface area contributed by atoms with Crippen molar-refractivity contribution in [3.63, 3.8) is 0 Å². The van der Waals surface area contributed by atoms with E-state index in [0.29, 0.717) is 13.1 Å². The summed E-state index contributed by atoms with van der Waals surface area (Å²) in [7, 11) is 0. The Kier molecular flexibility index (Phi) is 3.68. The first kappa shape index (κ1) is 12.0. The van der Waals surface area contributed by atoms with E-state index in [1.54, 1.807) is 0 Å². The Morgan fingerprint density at radius 2 is 2.12 bits per heavy atom. The normalized spacial score (nSPS) is 15.5. The molecule has 5 heteroatoms. The highest BCUT2D eigenvalue weighted by Crippen LogP contribution is 2.18. The number of aryl methyl sites for hydroxylation is 1. The Morgan fingerprint density at radius 3 is 2.76 bits per heavy atom. The third-order valence-electron chi connectivity index (χ3n) is 2.64. The molecule has 1 saturated heterocycles. The van der Waals surface area contributed by atoms with Crippen molar-refractivity contribution in [2.24, 2.45) is 0 Å². The molecular weight excluding hydrogens is 236 g/mol. The SMILES string of the molecule is Cc1ccccc1NCCN1C(=O)CSC1=O. The summed E-state index contributed by atoms with van der Waals surface area (Å²) in [5.74, 6) is 0.190. The van der Waals surface area contributed by atoms with Crippen molar-refractivity contribution in [1.29, 1.82) is 0 Å². The van der Waals surface area contributed by atoms with Crippen LogP contribution in [0.5, 0.6) is 0 Å². The van der Waals surface area contributed by atoms with Crippen LogP contribution in [0.3, 0.4) is 0 Å². The molecule has 0 radical (unpaired) electrons. The summed E-state index contributed by atoms with van der Waals surface area (Å²) in [5.41, 5.74) is 2.19. The van der Waals surface area contributed by atoms with Gasteiger partial charge in [0.2, 0.25) is 5.91 Å². The number of thioether (sulfide) groups is 1. The second-order valence-electron chi connectivity index (χ2n) is 3.84. The van der Waals surface area contributed by atoms with Crippen LogP contribution in [0, 0.1) is 6.92 Å². The highest BCUT2D eigenvalue weighted by atomic mass is 32.2. The zero-order valence-electron chi connectivity index (χ0n) is 9.60. The zero-order chi connectivity index (χ0) is 12.3. The van der Waals surface area contributed by atoms with E-state index < -0.39 is 0 Å². The van der Waals surface area contributed by atoms with Crippen molar-refractivity contribution in [1.82, 2.24) is 4.90 Å². The molecular formula is C12H14N2O2S. The van der Waals surface area contributed by atoms with E-state index >= 15 is 0 Å². The van der Waals surface area contributed by atoms with Gasteiger partial charge in [-0.3, -0.25) is 14.5 Å². The molecule has 90 valence electrons. The number of para-hydroxylation sites is 1. The van der Waals surface area contributed by atoms with Crippen LogP contribution in [-0.2, 0) is 4.79 Å². The molecule has 17 heavy (non-hydrogen) atoms. The van der Waals surface area contributed by atoms with Gasteiger partial charge in [-0.2, -0.15) is 0 Å². The number of hydrogen-bond donors (Lipinski definition) is 1. The topological polar surface area (TPSA) is 49.4 Å². The van der Waals surface area contributed by atoms with E-state index in [2.05, 4.69) is 5.32 Å². The van der Waals surface area contributed by atoms with Gasteiger partial charge in [0, 0.05) is 18.8 Å². The van der Waals surface area contributed by atoms with Gasteiger partial charge in [-0.15, -0.1) is 0 Å². The molecule has 1 fully saturated rings. The molecule has 0 atom stereocenters. The first-order valence-electron chi connectivity index (χ1n) is 5.45.